The maximum Gasteiger partial charge on any atom is 0.339 e. The van der Waals surface area contributed by atoms with Crippen LogP contribution >= 0.6 is 11.8 Å². The maximum absolute atomic E-state index is 11.6. The van der Waals surface area contributed by atoms with Gasteiger partial charge < -0.3 is 4.74 Å². The highest BCUT2D eigenvalue weighted by Crippen LogP contribution is 2.26. The molecule has 0 atom stereocenters. The summed E-state index contributed by atoms with van der Waals surface area (Å²) < 4.78 is 4.76. The first-order valence-electron chi connectivity index (χ1n) is 5.93. The molecule has 0 aliphatic carbocycles. The molecule has 0 bridgehead atoms. The summed E-state index contributed by atoms with van der Waals surface area (Å²) in [6.07, 6.45) is 1.69. The molecule has 0 fully saturated rings. The number of methoxy groups -OCH3 is 1. The molecule has 0 N–H and O–H groups in total. The van der Waals surface area contributed by atoms with Gasteiger partial charge in [-0.05, 0) is 30.7 Å². The standard InChI is InChI=1S/C15H15NO2S/c1-11-6-3-4-8-14(11)19-10-13-12(15(17)18-2)7-5-9-16-13/h3-9H,10H2,1-2H3. The van der Waals surface area contributed by atoms with E-state index in [2.05, 4.69) is 24.0 Å². The van der Waals surface area contributed by atoms with Gasteiger partial charge in [0.1, 0.15) is 0 Å². The maximum atomic E-state index is 11.6. The molecule has 1 aromatic carbocycles. The SMILES string of the molecule is COC(=O)c1cccnc1CSc1ccccc1C. The van der Waals surface area contributed by atoms with E-state index in [1.165, 1.54) is 17.6 Å². The minimum Gasteiger partial charge on any atom is -0.465 e. The third kappa shape index (κ3) is 3.35. The van der Waals surface area contributed by atoms with Crippen molar-refractivity contribution in [1.29, 1.82) is 0 Å². The average molecular weight is 273 g/mol. The van der Waals surface area contributed by atoms with Crippen LogP contribution in [0.1, 0.15) is 21.6 Å². The summed E-state index contributed by atoms with van der Waals surface area (Å²) in [4.78, 5) is 17.1. The fourth-order valence-electron chi connectivity index (χ4n) is 1.71. The molecular formula is C15H15NO2S. The van der Waals surface area contributed by atoms with Crippen molar-refractivity contribution < 1.29 is 9.53 Å². The molecule has 0 aliphatic heterocycles. The van der Waals surface area contributed by atoms with Crippen LogP contribution in [0.3, 0.4) is 0 Å². The molecule has 0 saturated heterocycles. The summed E-state index contributed by atoms with van der Waals surface area (Å²) in [5, 5.41) is 0. The molecule has 1 heterocycles. The van der Waals surface area contributed by atoms with E-state index in [4.69, 9.17) is 4.74 Å². The van der Waals surface area contributed by atoms with Crippen LogP contribution in [0.2, 0.25) is 0 Å². The number of aryl methyl sites for hydroxylation is 1. The lowest BCUT2D eigenvalue weighted by Crippen LogP contribution is -2.06. The topological polar surface area (TPSA) is 39.2 Å². The second-order valence-electron chi connectivity index (χ2n) is 4.04. The Morgan fingerprint density at radius 1 is 1.26 bits per heavy atom. The van der Waals surface area contributed by atoms with Gasteiger partial charge in [-0.1, -0.05) is 18.2 Å². The first-order chi connectivity index (χ1) is 9.22. The average Bonchev–Trinajstić information content (AvgIpc) is 2.46. The van der Waals surface area contributed by atoms with Crippen molar-refractivity contribution in [2.24, 2.45) is 0 Å². The molecule has 0 saturated carbocycles. The number of esters is 1. The number of carbonyl (C=O) groups excluding carboxylic acids is 1. The number of hydrogen-bond acceptors (Lipinski definition) is 4. The van der Waals surface area contributed by atoms with E-state index in [0.717, 1.165) is 5.69 Å². The third-order valence-electron chi connectivity index (χ3n) is 2.75. The lowest BCUT2D eigenvalue weighted by Gasteiger charge is -2.08. The summed E-state index contributed by atoms with van der Waals surface area (Å²) in [5.74, 6) is 0.310. The van der Waals surface area contributed by atoms with Crippen molar-refractivity contribution in [3.8, 4) is 0 Å². The second kappa shape index (κ2) is 6.38. The monoisotopic (exact) mass is 273 g/mol. The van der Waals surface area contributed by atoms with E-state index in [1.807, 2.05) is 12.1 Å². The molecule has 0 radical (unpaired) electrons. The minimum atomic E-state index is -0.339. The summed E-state index contributed by atoms with van der Waals surface area (Å²) in [5.41, 5.74) is 2.51. The van der Waals surface area contributed by atoms with Gasteiger partial charge in [-0.25, -0.2) is 4.79 Å². The van der Waals surface area contributed by atoms with Gasteiger partial charge in [0.05, 0.1) is 18.4 Å². The molecule has 98 valence electrons. The van der Waals surface area contributed by atoms with Crippen molar-refractivity contribution in [1.82, 2.24) is 4.98 Å². The van der Waals surface area contributed by atoms with Gasteiger partial charge in [-0.15, -0.1) is 11.8 Å². The van der Waals surface area contributed by atoms with E-state index in [-0.39, 0.29) is 5.97 Å². The molecule has 0 amide bonds. The van der Waals surface area contributed by atoms with Gasteiger partial charge in [0.15, 0.2) is 0 Å². The van der Waals surface area contributed by atoms with Gasteiger partial charge in [-0.2, -0.15) is 0 Å². The number of thioether (sulfide) groups is 1. The largest absolute Gasteiger partial charge is 0.465 e. The fraction of sp³-hybridized carbons (Fsp3) is 0.200. The van der Waals surface area contributed by atoms with Crippen LogP contribution in [-0.4, -0.2) is 18.1 Å². The molecule has 2 aromatic rings. The number of hydrogen-bond donors (Lipinski definition) is 0. The number of carbonyl (C=O) groups is 1. The summed E-state index contributed by atoms with van der Waals surface area (Å²) in [7, 11) is 1.38. The Morgan fingerprint density at radius 2 is 2.05 bits per heavy atom. The first-order valence-corrected chi connectivity index (χ1v) is 6.91. The minimum absolute atomic E-state index is 0.339. The van der Waals surface area contributed by atoms with Crippen LogP contribution in [0.25, 0.3) is 0 Å². The highest BCUT2D eigenvalue weighted by Gasteiger charge is 2.12. The summed E-state index contributed by atoms with van der Waals surface area (Å²) in [6.45, 7) is 2.07. The number of aromatic nitrogens is 1. The van der Waals surface area contributed by atoms with Gasteiger partial charge >= 0.3 is 5.97 Å². The Labute approximate surface area is 117 Å². The van der Waals surface area contributed by atoms with Crippen LogP contribution in [-0.2, 0) is 10.5 Å². The third-order valence-corrected chi connectivity index (χ3v) is 3.94. The van der Waals surface area contributed by atoms with Crippen LogP contribution in [0.4, 0.5) is 0 Å². The van der Waals surface area contributed by atoms with E-state index < -0.39 is 0 Å². The molecule has 19 heavy (non-hydrogen) atoms. The normalized spacial score (nSPS) is 10.2. The Hall–Kier alpha value is -1.81. The highest BCUT2D eigenvalue weighted by atomic mass is 32.2. The number of nitrogens with zero attached hydrogens (tertiary/aromatic N) is 1. The Morgan fingerprint density at radius 3 is 2.79 bits per heavy atom. The van der Waals surface area contributed by atoms with Crippen LogP contribution in [0.15, 0.2) is 47.5 Å². The zero-order valence-electron chi connectivity index (χ0n) is 10.9. The number of benzene rings is 1. The van der Waals surface area contributed by atoms with Gasteiger partial charge in [0, 0.05) is 16.8 Å². The number of ether oxygens (including phenoxy) is 1. The number of pyridine rings is 1. The van der Waals surface area contributed by atoms with Gasteiger partial charge in [-0.3, -0.25) is 4.98 Å². The predicted molar refractivity (Wildman–Crippen MR) is 76.3 cm³/mol. The van der Waals surface area contributed by atoms with Crippen LogP contribution in [0, 0.1) is 6.92 Å². The lowest BCUT2D eigenvalue weighted by molar-refractivity contribution is 0.0599. The van der Waals surface area contributed by atoms with Crippen molar-refractivity contribution in [2.45, 2.75) is 17.6 Å². The van der Waals surface area contributed by atoms with Crippen molar-refractivity contribution in [3.63, 3.8) is 0 Å². The van der Waals surface area contributed by atoms with Crippen molar-refractivity contribution in [3.05, 3.63) is 59.4 Å². The van der Waals surface area contributed by atoms with Crippen LogP contribution < -0.4 is 0 Å². The number of rotatable bonds is 4. The smallest absolute Gasteiger partial charge is 0.339 e. The molecular weight excluding hydrogens is 258 g/mol. The van der Waals surface area contributed by atoms with E-state index in [1.54, 1.807) is 30.1 Å². The Balaban J connectivity index is 2.16. The molecule has 0 unspecified atom stereocenters. The molecule has 4 heteroatoms. The van der Waals surface area contributed by atoms with Crippen LogP contribution in [0.5, 0.6) is 0 Å². The quantitative estimate of drug-likeness (QED) is 0.631. The van der Waals surface area contributed by atoms with Crippen molar-refractivity contribution >= 4 is 17.7 Å². The molecule has 0 spiro atoms. The first kappa shape index (κ1) is 13.6. The van der Waals surface area contributed by atoms with Crippen molar-refractivity contribution in [2.75, 3.05) is 7.11 Å². The van der Waals surface area contributed by atoms with Gasteiger partial charge in [0.2, 0.25) is 0 Å². The Kier molecular flexibility index (Phi) is 4.58. The Bertz CT molecular complexity index is 584. The molecule has 2 rings (SSSR count). The van der Waals surface area contributed by atoms with E-state index in [9.17, 15) is 4.79 Å². The lowest BCUT2D eigenvalue weighted by atomic mass is 10.2. The van der Waals surface area contributed by atoms with Gasteiger partial charge in [0.25, 0.3) is 0 Å². The zero-order chi connectivity index (χ0) is 13.7. The zero-order valence-corrected chi connectivity index (χ0v) is 11.7. The molecule has 0 aliphatic rings. The second-order valence-corrected chi connectivity index (χ2v) is 5.06. The highest BCUT2D eigenvalue weighted by molar-refractivity contribution is 7.98. The fourth-order valence-corrected chi connectivity index (χ4v) is 2.71. The molecule has 3 nitrogen and oxygen atoms in total. The summed E-state index contributed by atoms with van der Waals surface area (Å²) in [6, 6.07) is 11.7. The predicted octanol–water partition coefficient (Wildman–Crippen LogP) is 3.47. The molecule has 1 aromatic heterocycles. The van der Waals surface area contributed by atoms with E-state index in [0.29, 0.717) is 11.3 Å². The summed E-state index contributed by atoms with van der Waals surface area (Å²) >= 11 is 1.67. The van der Waals surface area contributed by atoms with E-state index >= 15 is 0 Å².